The number of nitrogens with one attached hydrogen (secondary N) is 1. The highest BCUT2D eigenvalue weighted by atomic mass is 35.5. The zero-order chi connectivity index (χ0) is 28.2. The van der Waals surface area contributed by atoms with E-state index in [-0.39, 0.29) is 22.2 Å². The minimum absolute atomic E-state index is 0.0169. The lowest BCUT2D eigenvalue weighted by Crippen LogP contribution is -2.46. The highest BCUT2D eigenvalue weighted by Gasteiger charge is 2.60. The van der Waals surface area contributed by atoms with E-state index in [1.807, 2.05) is 0 Å². The van der Waals surface area contributed by atoms with Crippen molar-refractivity contribution >= 4 is 17.5 Å². The first-order valence-electron chi connectivity index (χ1n) is 10.6. The van der Waals surface area contributed by atoms with Crippen molar-refractivity contribution in [3.8, 4) is 22.8 Å². The minimum atomic E-state index is -6.12. The van der Waals surface area contributed by atoms with Crippen molar-refractivity contribution in [2.75, 3.05) is 0 Å². The van der Waals surface area contributed by atoms with Crippen LogP contribution in [0.2, 0.25) is 5.02 Å². The Labute approximate surface area is 212 Å². The third-order valence-electron chi connectivity index (χ3n) is 5.34. The molecular formula is C21H15ClF9N5O2. The highest BCUT2D eigenvalue weighted by molar-refractivity contribution is 6.34. The van der Waals surface area contributed by atoms with Gasteiger partial charge in [0.05, 0.1) is 16.8 Å². The standard InChI is InChI=1S/C21H15ClF9N5O2/c1-35-17(14(19(24,25)26)16(34-35)38-21(30,31)18(23)20(27,28)29)36-8-10(7-32-36)9-2-5-13(22)12(6-9)15(37)33-11-3-4-11/h2,5-8,11,18H,3-4H2,1H3,(H,33,37). The Balaban J connectivity index is 1.72. The van der Waals surface area contributed by atoms with Gasteiger partial charge < -0.3 is 10.1 Å². The van der Waals surface area contributed by atoms with Gasteiger partial charge in [0, 0.05) is 24.8 Å². The van der Waals surface area contributed by atoms with Crippen LogP contribution >= 0.6 is 11.6 Å². The van der Waals surface area contributed by atoms with Crippen LogP contribution in [0.5, 0.6) is 5.88 Å². The molecule has 3 aromatic rings. The molecule has 7 nitrogen and oxygen atoms in total. The molecule has 1 atom stereocenters. The molecule has 1 unspecified atom stereocenters. The largest absolute Gasteiger partial charge is 0.440 e. The zero-order valence-electron chi connectivity index (χ0n) is 18.8. The Morgan fingerprint density at radius 3 is 2.37 bits per heavy atom. The molecular weight excluding hydrogens is 561 g/mol. The molecule has 206 valence electrons. The van der Waals surface area contributed by atoms with Gasteiger partial charge in [-0.2, -0.15) is 40.2 Å². The molecule has 1 aromatic carbocycles. The first-order valence-corrected chi connectivity index (χ1v) is 10.9. The Morgan fingerprint density at radius 2 is 1.79 bits per heavy atom. The van der Waals surface area contributed by atoms with E-state index >= 15 is 0 Å². The number of nitrogens with zero attached hydrogens (tertiary/aromatic N) is 4. The fraction of sp³-hybridized carbons (Fsp3) is 0.381. The number of aryl methyl sites for hydroxylation is 1. The van der Waals surface area contributed by atoms with E-state index in [0.717, 1.165) is 32.3 Å². The van der Waals surface area contributed by atoms with E-state index in [0.29, 0.717) is 14.9 Å². The van der Waals surface area contributed by atoms with Crippen molar-refractivity contribution in [3.63, 3.8) is 0 Å². The number of ether oxygens (including phenoxy) is 1. The highest BCUT2D eigenvalue weighted by Crippen LogP contribution is 2.44. The van der Waals surface area contributed by atoms with E-state index in [2.05, 4.69) is 20.3 Å². The predicted octanol–water partition coefficient (Wildman–Crippen LogP) is 5.71. The molecule has 2 heterocycles. The molecule has 0 saturated heterocycles. The molecule has 1 saturated carbocycles. The zero-order valence-corrected chi connectivity index (χ0v) is 19.6. The fourth-order valence-electron chi connectivity index (χ4n) is 3.40. The average Bonchev–Trinajstić information content (AvgIpc) is 3.35. The predicted molar refractivity (Wildman–Crippen MR) is 113 cm³/mol. The van der Waals surface area contributed by atoms with Crippen molar-refractivity contribution in [2.24, 2.45) is 7.05 Å². The van der Waals surface area contributed by atoms with Gasteiger partial charge in [-0.25, -0.2) is 13.8 Å². The van der Waals surface area contributed by atoms with Crippen LogP contribution in [0.3, 0.4) is 0 Å². The Kier molecular flexibility index (Phi) is 6.82. The van der Waals surface area contributed by atoms with Crippen LogP contribution in [0, 0.1) is 0 Å². The van der Waals surface area contributed by atoms with Gasteiger partial charge in [-0.1, -0.05) is 17.7 Å². The van der Waals surface area contributed by atoms with Crippen LogP contribution in [-0.4, -0.2) is 50.0 Å². The van der Waals surface area contributed by atoms with Gasteiger partial charge in [0.1, 0.15) is 0 Å². The topological polar surface area (TPSA) is 74.0 Å². The molecule has 38 heavy (non-hydrogen) atoms. The molecule has 0 bridgehead atoms. The quantitative estimate of drug-likeness (QED) is 0.367. The summed E-state index contributed by atoms with van der Waals surface area (Å²) in [5, 5.41) is 9.71. The lowest BCUT2D eigenvalue weighted by molar-refractivity contribution is -0.306. The van der Waals surface area contributed by atoms with Crippen molar-refractivity contribution in [3.05, 3.63) is 46.7 Å². The van der Waals surface area contributed by atoms with E-state index < -0.39 is 47.8 Å². The second-order valence-corrected chi connectivity index (χ2v) is 8.72. The molecule has 1 N–H and O–H groups in total. The van der Waals surface area contributed by atoms with Crippen molar-refractivity contribution in [1.29, 1.82) is 0 Å². The summed E-state index contributed by atoms with van der Waals surface area (Å²) in [6.45, 7) is 0. The summed E-state index contributed by atoms with van der Waals surface area (Å²) >= 11 is 6.09. The van der Waals surface area contributed by atoms with E-state index in [1.54, 1.807) is 0 Å². The molecule has 1 aliphatic carbocycles. The number of carbonyl (C=O) groups is 1. The first-order chi connectivity index (χ1) is 17.5. The van der Waals surface area contributed by atoms with Gasteiger partial charge in [-0.3, -0.25) is 4.79 Å². The van der Waals surface area contributed by atoms with Crippen LogP contribution in [0.4, 0.5) is 39.5 Å². The smallest absolute Gasteiger partial charge is 0.410 e. The van der Waals surface area contributed by atoms with Crippen LogP contribution in [0.15, 0.2) is 30.6 Å². The number of hydrogen-bond donors (Lipinski definition) is 1. The maximum Gasteiger partial charge on any atom is 0.440 e. The summed E-state index contributed by atoms with van der Waals surface area (Å²) in [5.74, 6) is -3.47. The molecule has 1 fully saturated rings. The lowest BCUT2D eigenvalue weighted by atomic mass is 10.1. The lowest BCUT2D eigenvalue weighted by Gasteiger charge is -2.22. The van der Waals surface area contributed by atoms with E-state index in [9.17, 15) is 44.3 Å². The number of aromatic nitrogens is 4. The number of rotatable bonds is 7. The summed E-state index contributed by atoms with van der Waals surface area (Å²) in [4.78, 5) is 12.4. The average molecular weight is 576 g/mol. The van der Waals surface area contributed by atoms with Gasteiger partial charge >= 0.3 is 18.5 Å². The number of hydrogen-bond acceptors (Lipinski definition) is 4. The second kappa shape index (κ2) is 9.39. The fourth-order valence-corrected chi connectivity index (χ4v) is 3.61. The van der Waals surface area contributed by atoms with Crippen LogP contribution in [0.1, 0.15) is 28.8 Å². The van der Waals surface area contributed by atoms with Gasteiger partial charge in [0.15, 0.2) is 11.4 Å². The van der Waals surface area contributed by atoms with E-state index in [4.69, 9.17) is 11.6 Å². The van der Waals surface area contributed by atoms with Crippen molar-refractivity contribution in [1.82, 2.24) is 24.9 Å². The third-order valence-corrected chi connectivity index (χ3v) is 5.67. The third kappa shape index (κ3) is 5.54. The van der Waals surface area contributed by atoms with Gasteiger partial charge in [0.25, 0.3) is 18.0 Å². The Hall–Kier alpha value is -3.43. The SMILES string of the molecule is Cn1nc(OC(F)(F)C(F)C(F)(F)F)c(C(F)(F)F)c1-n1cc(-c2ccc(Cl)c(C(=O)NC3CC3)c2)cn1. The van der Waals surface area contributed by atoms with Crippen molar-refractivity contribution < 1.29 is 49.0 Å². The van der Waals surface area contributed by atoms with Gasteiger partial charge in [0.2, 0.25) is 0 Å². The van der Waals surface area contributed by atoms with Crippen LogP contribution < -0.4 is 10.1 Å². The summed E-state index contributed by atoms with van der Waals surface area (Å²) < 4.78 is 124. The molecule has 0 radical (unpaired) electrons. The number of halogens is 10. The maximum absolute atomic E-state index is 13.8. The van der Waals surface area contributed by atoms with Crippen LogP contribution in [0.25, 0.3) is 16.9 Å². The van der Waals surface area contributed by atoms with Gasteiger partial charge in [-0.05, 0) is 30.5 Å². The summed E-state index contributed by atoms with van der Waals surface area (Å²) in [6, 6.07) is 4.20. The molecule has 1 amide bonds. The molecule has 0 spiro atoms. The summed E-state index contributed by atoms with van der Waals surface area (Å²) in [6.07, 6.45) is -18.5. The Bertz CT molecular complexity index is 1360. The number of amides is 1. The molecule has 0 aliphatic heterocycles. The Morgan fingerprint density at radius 1 is 1.13 bits per heavy atom. The maximum atomic E-state index is 13.8. The normalized spacial score (nSPS) is 15.4. The van der Waals surface area contributed by atoms with Gasteiger partial charge in [-0.15, -0.1) is 5.10 Å². The molecule has 2 aromatic heterocycles. The monoisotopic (exact) mass is 575 g/mol. The second-order valence-electron chi connectivity index (χ2n) is 8.31. The van der Waals surface area contributed by atoms with Crippen molar-refractivity contribution in [2.45, 2.75) is 43.5 Å². The van der Waals surface area contributed by atoms with Crippen LogP contribution in [-0.2, 0) is 13.2 Å². The number of benzene rings is 1. The minimum Gasteiger partial charge on any atom is -0.410 e. The first kappa shape index (κ1) is 27.6. The summed E-state index contributed by atoms with van der Waals surface area (Å²) in [7, 11) is 0.857. The molecule has 4 rings (SSSR count). The number of alkyl halides is 9. The summed E-state index contributed by atoms with van der Waals surface area (Å²) in [5.41, 5.74) is -1.48. The number of carbonyl (C=O) groups excluding carboxylic acids is 1. The molecule has 17 heteroatoms. The molecule has 1 aliphatic rings. The van der Waals surface area contributed by atoms with E-state index in [1.165, 1.54) is 18.2 Å².